The molecule has 0 aromatic heterocycles. The van der Waals surface area contributed by atoms with Gasteiger partial charge in [0.1, 0.15) is 0 Å². The Kier molecular flexibility index (Phi) is 3.03. The maximum absolute atomic E-state index is 10.7. The molecule has 0 aliphatic carbocycles. The quantitative estimate of drug-likeness (QED) is 0.450. The van der Waals surface area contributed by atoms with Crippen molar-refractivity contribution in [1.29, 1.82) is 5.26 Å². The fourth-order valence-corrected chi connectivity index (χ4v) is 1.32. The third-order valence-corrected chi connectivity index (χ3v) is 1.96. The molecule has 1 rings (SSSR count). The Balaban J connectivity index is 3.45. The zero-order chi connectivity index (χ0) is 11.4. The topological polar surface area (TPSA) is 92.9 Å². The molecule has 0 atom stereocenters. The van der Waals surface area contributed by atoms with Gasteiger partial charge in [0.15, 0.2) is 0 Å². The molecule has 0 heterocycles. The molecule has 0 fully saturated rings. The van der Waals surface area contributed by atoms with Crippen LogP contribution in [0.4, 0.5) is 5.69 Å². The summed E-state index contributed by atoms with van der Waals surface area (Å²) in [6, 6.07) is 6.40. The largest absolute Gasteiger partial charge is 0.397 e. The molecule has 0 aliphatic heterocycles. The number of nitrogens with two attached hydrogens (primary N) is 1. The average Bonchev–Trinajstić information content (AvgIpc) is 2.17. The van der Waals surface area contributed by atoms with E-state index in [1.54, 1.807) is 25.1 Å². The lowest BCUT2D eigenvalue weighted by molar-refractivity contribution is -0.385. The Labute approximate surface area is 86.6 Å². The minimum Gasteiger partial charge on any atom is -0.397 e. The van der Waals surface area contributed by atoms with Gasteiger partial charge >= 0.3 is 0 Å². The van der Waals surface area contributed by atoms with Crippen molar-refractivity contribution in [3.63, 3.8) is 0 Å². The summed E-state index contributed by atoms with van der Waals surface area (Å²) in [5, 5.41) is 19.2. The third kappa shape index (κ3) is 2.11. The lowest BCUT2D eigenvalue weighted by Crippen LogP contribution is -2.03. The van der Waals surface area contributed by atoms with Crippen molar-refractivity contribution in [3.05, 3.63) is 45.5 Å². The number of nitriles is 1. The van der Waals surface area contributed by atoms with Gasteiger partial charge in [-0.1, -0.05) is 12.1 Å². The number of aryl methyl sites for hydroxylation is 1. The summed E-state index contributed by atoms with van der Waals surface area (Å²) in [5.41, 5.74) is 6.59. The molecule has 0 saturated carbocycles. The highest BCUT2D eigenvalue weighted by molar-refractivity contribution is 5.74. The molecule has 0 radical (unpaired) electrons. The Hall–Kier alpha value is -2.35. The number of benzene rings is 1. The summed E-state index contributed by atoms with van der Waals surface area (Å²) >= 11 is 0. The van der Waals surface area contributed by atoms with Gasteiger partial charge in [-0.2, -0.15) is 5.26 Å². The highest BCUT2D eigenvalue weighted by Crippen LogP contribution is 2.26. The van der Waals surface area contributed by atoms with E-state index in [1.165, 1.54) is 6.07 Å². The standard InChI is InChI=1S/C10H9N3O2/c1-7-3-2-4-9(13(14)15)10(7)8(12)5-6-11/h2-5H,12H2,1H3/b8-5-. The zero-order valence-corrected chi connectivity index (χ0v) is 8.10. The highest BCUT2D eigenvalue weighted by Gasteiger charge is 2.16. The van der Waals surface area contributed by atoms with E-state index in [-0.39, 0.29) is 11.4 Å². The number of hydrogen-bond acceptors (Lipinski definition) is 4. The van der Waals surface area contributed by atoms with Crippen molar-refractivity contribution in [2.45, 2.75) is 6.92 Å². The second-order valence-corrected chi connectivity index (χ2v) is 2.95. The maximum Gasteiger partial charge on any atom is 0.278 e. The Morgan fingerprint density at radius 3 is 2.87 bits per heavy atom. The minimum absolute atomic E-state index is 0.0843. The summed E-state index contributed by atoms with van der Waals surface area (Å²) in [6.07, 6.45) is 1.09. The average molecular weight is 203 g/mol. The van der Waals surface area contributed by atoms with Crippen molar-refractivity contribution in [3.8, 4) is 6.07 Å². The molecule has 0 spiro atoms. The number of nitrogens with zero attached hydrogens (tertiary/aromatic N) is 2. The summed E-state index contributed by atoms with van der Waals surface area (Å²) < 4.78 is 0. The van der Waals surface area contributed by atoms with Gasteiger partial charge in [-0.05, 0) is 12.5 Å². The lowest BCUT2D eigenvalue weighted by atomic mass is 10.0. The molecule has 0 amide bonds. The van der Waals surface area contributed by atoms with Gasteiger partial charge in [0.25, 0.3) is 5.69 Å². The van der Waals surface area contributed by atoms with E-state index in [0.29, 0.717) is 11.1 Å². The first kappa shape index (κ1) is 10.7. The van der Waals surface area contributed by atoms with Crippen LogP contribution in [0.1, 0.15) is 11.1 Å². The predicted molar refractivity (Wildman–Crippen MR) is 55.6 cm³/mol. The highest BCUT2D eigenvalue weighted by atomic mass is 16.6. The molecule has 1 aromatic carbocycles. The van der Waals surface area contributed by atoms with E-state index in [2.05, 4.69) is 0 Å². The molecule has 0 saturated heterocycles. The smallest absolute Gasteiger partial charge is 0.278 e. The van der Waals surface area contributed by atoms with E-state index in [0.717, 1.165) is 6.08 Å². The Morgan fingerprint density at radius 2 is 2.33 bits per heavy atom. The van der Waals surface area contributed by atoms with E-state index in [9.17, 15) is 10.1 Å². The summed E-state index contributed by atoms with van der Waals surface area (Å²) in [6.45, 7) is 1.71. The van der Waals surface area contributed by atoms with E-state index >= 15 is 0 Å². The van der Waals surface area contributed by atoms with Crippen LogP contribution < -0.4 is 5.73 Å². The molecular formula is C10H9N3O2. The van der Waals surface area contributed by atoms with Crippen molar-refractivity contribution < 1.29 is 4.92 Å². The maximum atomic E-state index is 10.7. The van der Waals surface area contributed by atoms with Gasteiger partial charge in [0, 0.05) is 12.1 Å². The molecule has 5 nitrogen and oxygen atoms in total. The van der Waals surface area contributed by atoms with Crippen molar-refractivity contribution in [1.82, 2.24) is 0 Å². The first-order valence-corrected chi connectivity index (χ1v) is 4.17. The van der Waals surface area contributed by atoms with Crippen LogP contribution in [0.25, 0.3) is 5.70 Å². The molecule has 0 unspecified atom stereocenters. The molecule has 5 heteroatoms. The van der Waals surface area contributed by atoms with Crippen LogP contribution >= 0.6 is 0 Å². The molecule has 2 N–H and O–H groups in total. The van der Waals surface area contributed by atoms with Gasteiger partial charge in [0.05, 0.1) is 22.3 Å². The molecular weight excluding hydrogens is 194 g/mol. The first-order chi connectivity index (χ1) is 7.07. The fourth-order valence-electron chi connectivity index (χ4n) is 1.32. The number of allylic oxidation sites excluding steroid dienone is 1. The molecule has 15 heavy (non-hydrogen) atoms. The van der Waals surface area contributed by atoms with E-state index < -0.39 is 4.92 Å². The van der Waals surface area contributed by atoms with E-state index in [4.69, 9.17) is 11.0 Å². The molecule has 1 aromatic rings. The zero-order valence-electron chi connectivity index (χ0n) is 8.10. The summed E-state index contributed by atoms with van der Waals surface area (Å²) in [7, 11) is 0. The van der Waals surface area contributed by atoms with E-state index in [1.807, 2.05) is 0 Å². The Morgan fingerprint density at radius 1 is 1.67 bits per heavy atom. The van der Waals surface area contributed by atoms with Gasteiger partial charge in [-0.3, -0.25) is 10.1 Å². The normalized spacial score (nSPS) is 10.8. The van der Waals surface area contributed by atoms with Crippen LogP contribution in [0.15, 0.2) is 24.3 Å². The fraction of sp³-hybridized carbons (Fsp3) is 0.100. The van der Waals surface area contributed by atoms with Gasteiger partial charge in [-0.25, -0.2) is 0 Å². The van der Waals surface area contributed by atoms with Crippen LogP contribution in [0, 0.1) is 28.4 Å². The van der Waals surface area contributed by atoms with Gasteiger partial charge in [0.2, 0.25) is 0 Å². The van der Waals surface area contributed by atoms with Gasteiger partial charge < -0.3 is 5.73 Å². The number of rotatable bonds is 2. The first-order valence-electron chi connectivity index (χ1n) is 4.17. The molecule has 76 valence electrons. The van der Waals surface area contributed by atoms with Crippen molar-refractivity contribution >= 4 is 11.4 Å². The monoisotopic (exact) mass is 203 g/mol. The van der Waals surface area contributed by atoms with Crippen LogP contribution in [0.2, 0.25) is 0 Å². The van der Waals surface area contributed by atoms with Crippen molar-refractivity contribution in [2.24, 2.45) is 5.73 Å². The minimum atomic E-state index is -0.513. The third-order valence-electron chi connectivity index (χ3n) is 1.96. The van der Waals surface area contributed by atoms with Crippen LogP contribution in [-0.4, -0.2) is 4.92 Å². The Bertz CT molecular complexity index is 472. The summed E-state index contributed by atoms with van der Waals surface area (Å²) in [5.74, 6) is 0. The second-order valence-electron chi connectivity index (χ2n) is 2.95. The van der Waals surface area contributed by atoms with Crippen molar-refractivity contribution in [2.75, 3.05) is 0 Å². The second kappa shape index (κ2) is 4.24. The molecule has 0 aliphatic rings. The predicted octanol–water partition coefficient (Wildman–Crippen LogP) is 1.73. The number of hydrogen-bond donors (Lipinski definition) is 1. The SMILES string of the molecule is Cc1cccc([N+](=O)[O-])c1/C(N)=C/C#N. The van der Waals surface area contributed by atoms with Crippen LogP contribution in [-0.2, 0) is 0 Å². The van der Waals surface area contributed by atoms with Crippen LogP contribution in [0.3, 0.4) is 0 Å². The van der Waals surface area contributed by atoms with Crippen LogP contribution in [0.5, 0.6) is 0 Å². The van der Waals surface area contributed by atoms with Gasteiger partial charge in [-0.15, -0.1) is 0 Å². The lowest BCUT2D eigenvalue weighted by Gasteiger charge is -2.05. The number of nitro benzene ring substituents is 1. The number of nitro groups is 1. The summed E-state index contributed by atoms with van der Waals surface area (Å²) in [4.78, 5) is 10.2. The molecule has 0 bridgehead atoms.